The average Bonchev–Trinajstić information content (AvgIpc) is 3.59. The summed E-state index contributed by atoms with van der Waals surface area (Å²) in [5, 5.41) is 34.1. The number of carbonyl (C=O) groups is 2. The molecule has 0 saturated carbocycles. The smallest absolute Gasteiger partial charge is 0.338 e. The second-order valence-corrected chi connectivity index (χ2v) is 28.1. The highest BCUT2D eigenvalue weighted by molar-refractivity contribution is 5.91. The van der Waals surface area contributed by atoms with E-state index in [2.05, 4.69) is 96.9 Å². The molecule has 3 N–H and O–H groups in total. The lowest BCUT2D eigenvalue weighted by atomic mass is 9.68. The van der Waals surface area contributed by atoms with Crippen molar-refractivity contribution in [2.24, 2.45) is 5.41 Å². The van der Waals surface area contributed by atoms with E-state index in [1.807, 2.05) is 24.3 Å². The molecule has 79 heavy (non-hydrogen) atoms. The number of rotatable bonds is 43. The second kappa shape index (κ2) is 38.0. The monoisotopic (exact) mass is 1100 g/mol. The van der Waals surface area contributed by atoms with Crippen LogP contribution in [0.2, 0.25) is 0 Å². The molecule has 0 radical (unpaired) electrons. The van der Waals surface area contributed by atoms with E-state index in [4.69, 9.17) is 14.2 Å². The SMILES string of the molecule is CCCCCCCCCCCCCCCCCCOC(=O)c1cc(C(C)(C)C)c(OC(c2c(C(C)(C)C)cc(C(=O)OCCCCCCCCCCCCCCCCCC)cc2C(C)(C)C)C(CO)(CO)CO)c(C(C)(C)C)c1. The van der Waals surface area contributed by atoms with E-state index >= 15 is 0 Å². The highest BCUT2D eigenvalue weighted by atomic mass is 16.5. The molecular weight excluding hydrogens is 981 g/mol. The molecule has 8 nitrogen and oxygen atoms in total. The number of hydrogen-bond acceptors (Lipinski definition) is 8. The van der Waals surface area contributed by atoms with Crippen LogP contribution >= 0.6 is 0 Å². The average molecular weight is 1110 g/mol. The molecule has 0 aliphatic heterocycles. The molecule has 2 aromatic carbocycles. The van der Waals surface area contributed by atoms with Crippen molar-refractivity contribution < 1.29 is 39.1 Å². The Bertz CT molecular complexity index is 1870. The summed E-state index contributed by atoms with van der Waals surface area (Å²) < 4.78 is 19.5. The zero-order chi connectivity index (χ0) is 59.0. The van der Waals surface area contributed by atoms with E-state index in [0.29, 0.717) is 35.7 Å². The van der Waals surface area contributed by atoms with E-state index in [1.165, 1.54) is 167 Å². The first-order chi connectivity index (χ1) is 37.4. The molecule has 0 heterocycles. The maximum absolute atomic E-state index is 14.1. The third kappa shape index (κ3) is 26.9. The summed E-state index contributed by atoms with van der Waals surface area (Å²) >= 11 is 0. The van der Waals surface area contributed by atoms with Crippen molar-refractivity contribution in [3.63, 3.8) is 0 Å². The zero-order valence-electron chi connectivity index (χ0n) is 53.9. The molecule has 0 bridgehead atoms. The van der Waals surface area contributed by atoms with Crippen molar-refractivity contribution in [3.05, 3.63) is 63.2 Å². The first kappa shape index (κ1) is 72.2. The van der Waals surface area contributed by atoms with Crippen LogP contribution in [0.3, 0.4) is 0 Å². The summed E-state index contributed by atoms with van der Waals surface area (Å²) in [6.07, 6.45) is 39.8. The van der Waals surface area contributed by atoms with Crippen molar-refractivity contribution in [3.8, 4) is 5.75 Å². The van der Waals surface area contributed by atoms with Gasteiger partial charge in [-0.05, 0) is 69.9 Å². The standard InChI is InChI=1S/C71H124O8/c1-15-17-19-21-23-25-27-29-31-33-35-37-39-41-43-45-47-77-65(75)56-49-58(67(3,4)5)62(59(50-56)68(6,7)8)64(71(53-72,54-73)55-74)79-63-60(69(9,10)11)51-57(52-61(63)70(12,13)14)66(76)78-48-46-44-42-40-38-36-34-32-30-28-26-24-22-20-18-16-2/h49-52,64,72-74H,15-48,53-55H2,1-14H3. The molecular formula is C71H124O8. The van der Waals surface area contributed by atoms with Gasteiger partial charge in [-0.3, -0.25) is 0 Å². The van der Waals surface area contributed by atoms with Crippen LogP contribution in [0.25, 0.3) is 0 Å². The summed E-state index contributed by atoms with van der Waals surface area (Å²) in [6.45, 7) is 28.5. The minimum Gasteiger partial charge on any atom is -0.484 e. The van der Waals surface area contributed by atoms with Gasteiger partial charge in [-0.1, -0.05) is 290 Å². The van der Waals surface area contributed by atoms with Gasteiger partial charge in [0.2, 0.25) is 0 Å². The van der Waals surface area contributed by atoms with Gasteiger partial charge in [-0.25, -0.2) is 9.59 Å². The zero-order valence-corrected chi connectivity index (χ0v) is 53.9. The third-order valence-electron chi connectivity index (χ3n) is 16.4. The summed E-state index contributed by atoms with van der Waals surface area (Å²) in [4.78, 5) is 28.1. The Morgan fingerprint density at radius 1 is 0.367 bits per heavy atom. The van der Waals surface area contributed by atoms with Crippen molar-refractivity contribution in [2.75, 3.05) is 33.0 Å². The van der Waals surface area contributed by atoms with Gasteiger partial charge in [0.25, 0.3) is 0 Å². The molecule has 0 spiro atoms. The number of hydrogen-bond donors (Lipinski definition) is 3. The van der Waals surface area contributed by atoms with Crippen LogP contribution in [0.1, 0.15) is 357 Å². The molecule has 0 saturated heterocycles. The largest absolute Gasteiger partial charge is 0.484 e. The van der Waals surface area contributed by atoms with E-state index in [-0.39, 0.29) is 11.9 Å². The summed E-state index contributed by atoms with van der Waals surface area (Å²) in [7, 11) is 0. The number of unbranched alkanes of at least 4 members (excludes halogenated alkanes) is 30. The topological polar surface area (TPSA) is 123 Å². The van der Waals surface area contributed by atoms with Gasteiger partial charge in [0.15, 0.2) is 0 Å². The molecule has 0 aromatic heterocycles. The van der Waals surface area contributed by atoms with Gasteiger partial charge in [-0.2, -0.15) is 0 Å². The Balaban J connectivity index is 2.31. The highest BCUT2D eigenvalue weighted by Gasteiger charge is 2.47. The molecule has 8 heteroatoms. The van der Waals surface area contributed by atoms with Gasteiger partial charge in [0.1, 0.15) is 11.9 Å². The van der Waals surface area contributed by atoms with Gasteiger partial charge in [0, 0.05) is 16.7 Å². The number of aliphatic hydroxyl groups excluding tert-OH is 3. The lowest BCUT2D eigenvalue weighted by Crippen LogP contribution is -2.45. The Labute approximate surface area is 486 Å². The lowest BCUT2D eigenvalue weighted by Gasteiger charge is -2.43. The molecule has 0 amide bonds. The first-order valence-corrected chi connectivity index (χ1v) is 32.6. The van der Waals surface area contributed by atoms with Crippen LogP contribution in [-0.4, -0.2) is 60.3 Å². The minimum absolute atomic E-state index is 0.345. The maximum Gasteiger partial charge on any atom is 0.338 e. The summed E-state index contributed by atoms with van der Waals surface area (Å²) in [5.74, 6) is -0.236. The van der Waals surface area contributed by atoms with Crippen LogP contribution in [0.5, 0.6) is 5.75 Å². The number of aliphatic hydroxyl groups is 3. The first-order valence-electron chi connectivity index (χ1n) is 32.6. The predicted octanol–water partition coefficient (Wildman–Crippen LogP) is 19.8. The van der Waals surface area contributed by atoms with E-state index < -0.39 is 53.0 Å². The fourth-order valence-electron chi connectivity index (χ4n) is 11.1. The molecule has 456 valence electrons. The van der Waals surface area contributed by atoms with E-state index in [0.717, 1.165) is 60.8 Å². The molecule has 1 atom stereocenters. The summed E-state index contributed by atoms with van der Waals surface area (Å²) in [5.41, 5.74) is 0.945. The van der Waals surface area contributed by atoms with E-state index in [9.17, 15) is 24.9 Å². The van der Waals surface area contributed by atoms with Crippen molar-refractivity contribution in [1.82, 2.24) is 0 Å². The third-order valence-corrected chi connectivity index (χ3v) is 16.4. The fourth-order valence-corrected chi connectivity index (χ4v) is 11.1. The number of carbonyl (C=O) groups excluding carboxylic acids is 2. The normalized spacial score (nSPS) is 13.0. The highest BCUT2D eigenvalue weighted by Crippen LogP contribution is 2.50. The van der Waals surface area contributed by atoms with E-state index in [1.54, 1.807) is 0 Å². The van der Waals surface area contributed by atoms with Gasteiger partial charge >= 0.3 is 11.9 Å². The number of esters is 2. The van der Waals surface area contributed by atoms with Gasteiger partial charge < -0.3 is 29.5 Å². The summed E-state index contributed by atoms with van der Waals surface area (Å²) in [6, 6.07) is 7.54. The molecule has 2 rings (SSSR count). The van der Waals surface area contributed by atoms with Crippen LogP contribution in [0, 0.1) is 5.41 Å². The van der Waals surface area contributed by atoms with Crippen LogP contribution in [-0.2, 0) is 31.1 Å². The Hall–Kier alpha value is -2.94. The number of benzene rings is 2. The minimum atomic E-state index is -1.57. The Morgan fingerprint density at radius 2 is 0.595 bits per heavy atom. The van der Waals surface area contributed by atoms with Crippen molar-refractivity contribution in [2.45, 2.75) is 330 Å². The van der Waals surface area contributed by atoms with Crippen molar-refractivity contribution in [1.29, 1.82) is 0 Å². The number of ether oxygens (including phenoxy) is 3. The maximum atomic E-state index is 14.1. The molecule has 1 unspecified atom stereocenters. The van der Waals surface area contributed by atoms with Crippen LogP contribution in [0.4, 0.5) is 0 Å². The Morgan fingerprint density at radius 3 is 0.823 bits per heavy atom. The van der Waals surface area contributed by atoms with Gasteiger partial charge in [-0.15, -0.1) is 0 Å². The molecule has 2 aromatic rings. The quantitative estimate of drug-likeness (QED) is 0.0443. The fraction of sp³-hybridized carbons (Fsp3) is 0.803. The lowest BCUT2D eigenvalue weighted by molar-refractivity contribution is -0.0761. The predicted molar refractivity (Wildman–Crippen MR) is 334 cm³/mol. The molecule has 0 aliphatic carbocycles. The molecule has 0 fully saturated rings. The molecule has 0 aliphatic rings. The van der Waals surface area contributed by atoms with Crippen LogP contribution < -0.4 is 4.74 Å². The van der Waals surface area contributed by atoms with Crippen molar-refractivity contribution >= 4 is 11.9 Å². The Kier molecular flexibility index (Phi) is 34.7. The van der Waals surface area contributed by atoms with Gasteiger partial charge in [0.05, 0.1) is 49.6 Å². The second-order valence-electron chi connectivity index (χ2n) is 28.1. The van der Waals surface area contributed by atoms with Crippen LogP contribution in [0.15, 0.2) is 24.3 Å².